The maximum absolute atomic E-state index is 5.10. The van der Waals surface area contributed by atoms with Crippen molar-refractivity contribution in [3.8, 4) is 11.3 Å². The van der Waals surface area contributed by atoms with Gasteiger partial charge in [0.2, 0.25) is 0 Å². The van der Waals surface area contributed by atoms with Gasteiger partial charge in [-0.3, -0.25) is 4.98 Å². The van der Waals surface area contributed by atoms with E-state index in [0.29, 0.717) is 11.8 Å². The SMILES string of the molecule is Cc1c(C(C)(C)C)cnc2c3ccccc3n3c(-c4c(CC(C)C)cccc4CC(C)C)c[n+](C)c3c12. The molecule has 0 bridgehead atoms. The van der Waals surface area contributed by atoms with E-state index in [-0.39, 0.29) is 5.41 Å². The molecule has 0 saturated carbocycles. The smallest absolute Gasteiger partial charge is 0.255 e. The van der Waals surface area contributed by atoms with Gasteiger partial charge in [0.1, 0.15) is 11.7 Å². The quantitative estimate of drug-likeness (QED) is 0.179. The highest BCUT2D eigenvalue weighted by Gasteiger charge is 2.29. The lowest BCUT2D eigenvalue weighted by molar-refractivity contribution is -0.643. The first-order valence-electron chi connectivity index (χ1n) is 13.8. The fourth-order valence-electron chi connectivity index (χ4n) is 6.19. The van der Waals surface area contributed by atoms with Gasteiger partial charge in [-0.2, -0.15) is 4.40 Å². The molecule has 0 N–H and O–H groups in total. The molecule has 3 aromatic heterocycles. The largest absolute Gasteiger partial charge is 0.296 e. The molecule has 0 saturated heterocycles. The van der Waals surface area contributed by atoms with Crippen molar-refractivity contribution in [2.24, 2.45) is 18.9 Å². The molecule has 3 heterocycles. The molecule has 3 nitrogen and oxygen atoms in total. The van der Waals surface area contributed by atoms with E-state index in [1.165, 1.54) is 55.4 Å². The first-order chi connectivity index (χ1) is 17.5. The fraction of sp³-hybridized carbons (Fsp3) is 0.412. The third-order valence-corrected chi connectivity index (χ3v) is 7.62. The summed E-state index contributed by atoms with van der Waals surface area (Å²) in [6.45, 7) is 18.4. The molecule has 0 aliphatic heterocycles. The summed E-state index contributed by atoms with van der Waals surface area (Å²) in [6.07, 6.45) is 6.59. The minimum atomic E-state index is 0.0240. The first-order valence-corrected chi connectivity index (χ1v) is 13.8. The molecule has 2 aromatic carbocycles. The van der Waals surface area contributed by atoms with Gasteiger partial charge in [-0.1, -0.05) is 78.8 Å². The summed E-state index contributed by atoms with van der Waals surface area (Å²) < 4.78 is 4.85. The summed E-state index contributed by atoms with van der Waals surface area (Å²) in [4.78, 5) is 5.10. The number of fused-ring (bicyclic) bond motifs is 6. The Morgan fingerprint density at radius 2 is 1.51 bits per heavy atom. The lowest BCUT2D eigenvalue weighted by Crippen LogP contribution is -2.26. The minimum Gasteiger partial charge on any atom is -0.255 e. The van der Waals surface area contributed by atoms with Crippen molar-refractivity contribution in [1.82, 2.24) is 9.38 Å². The molecular weight excluding hydrogens is 450 g/mol. The van der Waals surface area contributed by atoms with Gasteiger partial charge in [0, 0.05) is 17.1 Å². The second-order valence-corrected chi connectivity index (χ2v) is 12.7. The third kappa shape index (κ3) is 4.33. The molecule has 3 heteroatoms. The average molecular weight is 493 g/mol. The number of pyridine rings is 2. The highest BCUT2D eigenvalue weighted by molar-refractivity contribution is 6.11. The van der Waals surface area contributed by atoms with E-state index in [4.69, 9.17) is 4.98 Å². The van der Waals surface area contributed by atoms with Crippen LogP contribution >= 0.6 is 0 Å². The van der Waals surface area contributed by atoms with E-state index in [2.05, 4.69) is 126 Å². The topological polar surface area (TPSA) is 21.2 Å². The zero-order valence-electron chi connectivity index (χ0n) is 24.1. The van der Waals surface area contributed by atoms with Crippen molar-refractivity contribution >= 4 is 27.5 Å². The molecule has 0 spiro atoms. The maximum atomic E-state index is 5.10. The molecule has 192 valence electrons. The van der Waals surface area contributed by atoms with Gasteiger partial charge in [-0.15, -0.1) is 0 Å². The van der Waals surface area contributed by atoms with Crippen LogP contribution in [0.2, 0.25) is 0 Å². The predicted octanol–water partition coefficient (Wildman–Crippen LogP) is 8.14. The number of hydrogen-bond acceptors (Lipinski definition) is 1. The van der Waals surface area contributed by atoms with Crippen molar-refractivity contribution in [2.75, 3.05) is 0 Å². The second kappa shape index (κ2) is 9.28. The Morgan fingerprint density at radius 3 is 2.11 bits per heavy atom. The lowest BCUT2D eigenvalue weighted by atomic mass is 9.84. The van der Waals surface area contributed by atoms with Gasteiger partial charge < -0.3 is 0 Å². The van der Waals surface area contributed by atoms with Crippen LogP contribution in [-0.4, -0.2) is 9.38 Å². The zero-order valence-corrected chi connectivity index (χ0v) is 24.1. The van der Waals surface area contributed by atoms with Crippen molar-refractivity contribution in [3.05, 3.63) is 77.1 Å². The number of rotatable bonds is 5. The van der Waals surface area contributed by atoms with Crippen molar-refractivity contribution in [3.63, 3.8) is 0 Å². The van der Waals surface area contributed by atoms with E-state index in [9.17, 15) is 0 Å². The van der Waals surface area contributed by atoms with E-state index in [0.717, 1.165) is 18.4 Å². The number of aryl methyl sites for hydroxylation is 2. The lowest BCUT2D eigenvalue weighted by Gasteiger charge is -2.22. The Bertz CT molecular complexity index is 1600. The van der Waals surface area contributed by atoms with Crippen molar-refractivity contribution in [1.29, 1.82) is 0 Å². The van der Waals surface area contributed by atoms with Gasteiger partial charge in [-0.25, -0.2) is 4.57 Å². The number of aromatic nitrogens is 3. The average Bonchev–Trinajstić information content (AvgIpc) is 3.14. The van der Waals surface area contributed by atoms with Crippen LogP contribution in [0.4, 0.5) is 0 Å². The predicted molar refractivity (Wildman–Crippen MR) is 157 cm³/mol. The fourth-order valence-corrected chi connectivity index (χ4v) is 6.19. The molecule has 0 amide bonds. The first kappa shape index (κ1) is 25.4. The van der Waals surface area contributed by atoms with Gasteiger partial charge in [0.05, 0.1) is 18.0 Å². The summed E-state index contributed by atoms with van der Waals surface area (Å²) in [5.41, 5.74) is 11.7. The van der Waals surface area contributed by atoms with Gasteiger partial charge >= 0.3 is 0 Å². The van der Waals surface area contributed by atoms with E-state index < -0.39 is 0 Å². The molecule has 37 heavy (non-hydrogen) atoms. The number of nitrogens with zero attached hydrogens (tertiary/aromatic N) is 3. The van der Waals surface area contributed by atoms with Crippen LogP contribution < -0.4 is 4.57 Å². The third-order valence-electron chi connectivity index (χ3n) is 7.62. The van der Waals surface area contributed by atoms with Gasteiger partial charge in [-0.05, 0) is 71.4 Å². The van der Waals surface area contributed by atoms with E-state index >= 15 is 0 Å². The summed E-state index contributed by atoms with van der Waals surface area (Å²) in [7, 11) is 2.20. The number of hydrogen-bond donors (Lipinski definition) is 0. The zero-order chi connectivity index (χ0) is 26.6. The number of para-hydroxylation sites is 1. The van der Waals surface area contributed by atoms with Crippen molar-refractivity contribution < 1.29 is 4.57 Å². The van der Waals surface area contributed by atoms with Crippen LogP contribution in [-0.2, 0) is 25.3 Å². The van der Waals surface area contributed by atoms with Crippen LogP contribution in [0, 0.1) is 18.8 Å². The molecule has 5 rings (SSSR count). The molecule has 0 unspecified atom stereocenters. The molecule has 0 aliphatic rings. The standard InChI is InChI=1S/C34H42N3/c1-21(2)17-24-13-12-14-25(18-22(3)4)31(24)29-20-36(9)33-30-23(5)27(34(6,7)8)19-35-32(30)26-15-10-11-16-28(26)37(29)33/h10-16,19-22H,17-18H2,1-9H3/q+1. The van der Waals surface area contributed by atoms with Crippen LogP contribution in [0.15, 0.2) is 54.9 Å². The van der Waals surface area contributed by atoms with E-state index in [1.54, 1.807) is 0 Å². The second-order valence-electron chi connectivity index (χ2n) is 12.7. The summed E-state index contributed by atoms with van der Waals surface area (Å²) in [6, 6.07) is 15.7. The Balaban J connectivity index is 2.00. The molecule has 0 atom stereocenters. The Hall–Kier alpha value is -3.20. The molecular formula is C34H42N3+. The Kier molecular flexibility index (Phi) is 6.38. The monoisotopic (exact) mass is 492 g/mol. The Morgan fingerprint density at radius 1 is 0.892 bits per heavy atom. The van der Waals surface area contributed by atoms with Crippen molar-refractivity contribution in [2.45, 2.75) is 73.6 Å². The number of benzene rings is 2. The molecule has 0 fully saturated rings. The van der Waals surface area contributed by atoms with Crippen LogP contribution in [0.3, 0.4) is 0 Å². The van der Waals surface area contributed by atoms with Gasteiger partial charge in [0.15, 0.2) is 5.69 Å². The summed E-state index contributed by atoms with van der Waals surface area (Å²) in [5, 5.41) is 2.46. The molecule has 0 radical (unpaired) electrons. The molecule has 5 aromatic rings. The normalized spacial score (nSPS) is 12.6. The highest BCUT2D eigenvalue weighted by atomic mass is 15.1. The van der Waals surface area contributed by atoms with Gasteiger partial charge in [0.25, 0.3) is 5.65 Å². The summed E-state index contributed by atoms with van der Waals surface area (Å²) in [5.74, 6) is 1.18. The summed E-state index contributed by atoms with van der Waals surface area (Å²) >= 11 is 0. The molecule has 0 aliphatic carbocycles. The van der Waals surface area contributed by atoms with Crippen LogP contribution in [0.25, 0.3) is 38.7 Å². The van der Waals surface area contributed by atoms with Crippen LogP contribution in [0.1, 0.15) is 70.7 Å². The van der Waals surface area contributed by atoms with E-state index in [1.807, 2.05) is 0 Å². The van der Waals surface area contributed by atoms with Crippen LogP contribution in [0.5, 0.6) is 0 Å². The number of imidazole rings is 1. The maximum Gasteiger partial charge on any atom is 0.296 e. The highest BCUT2D eigenvalue weighted by Crippen LogP contribution is 2.38. The minimum absolute atomic E-state index is 0.0240. The Labute approximate surface area is 222 Å².